The third-order valence-corrected chi connectivity index (χ3v) is 5.82. The summed E-state index contributed by atoms with van der Waals surface area (Å²) >= 11 is 0. The smallest absolute Gasteiger partial charge is 0.264 e. The molecule has 1 aliphatic rings. The molecule has 122 valence electrons. The SMILES string of the molecule is CC(C)(C)c1ccc(S(=O)(=O)N2CCOc3ccccc32)cc1. The summed E-state index contributed by atoms with van der Waals surface area (Å²) in [4.78, 5) is 0.308. The van der Waals surface area contributed by atoms with Gasteiger partial charge in [0.25, 0.3) is 10.0 Å². The summed E-state index contributed by atoms with van der Waals surface area (Å²) in [6, 6.07) is 14.4. The van der Waals surface area contributed by atoms with E-state index in [1.54, 1.807) is 24.3 Å². The van der Waals surface area contributed by atoms with Gasteiger partial charge in [0.1, 0.15) is 12.4 Å². The van der Waals surface area contributed by atoms with Crippen LogP contribution in [0.5, 0.6) is 5.75 Å². The van der Waals surface area contributed by atoms with Crippen LogP contribution in [0.4, 0.5) is 5.69 Å². The minimum absolute atomic E-state index is 0.00610. The zero-order valence-electron chi connectivity index (χ0n) is 13.6. The Morgan fingerprint density at radius 2 is 1.65 bits per heavy atom. The first-order valence-electron chi connectivity index (χ1n) is 7.65. The molecule has 1 heterocycles. The van der Waals surface area contributed by atoms with Gasteiger partial charge in [-0.1, -0.05) is 45.0 Å². The van der Waals surface area contributed by atoms with Gasteiger partial charge in [0.05, 0.1) is 17.1 Å². The second kappa shape index (κ2) is 5.57. The average Bonchev–Trinajstić information content (AvgIpc) is 2.53. The summed E-state index contributed by atoms with van der Waals surface area (Å²) in [5.74, 6) is 0.605. The third-order valence-electron chi connectivity index (χ3n) is 3.99. The minimum Gasteiger partial charge on any atom is -0.489 e. The number of benzene rings is 2. The van der Waals surface area contributed by atoms with Crippen LogP contribution in [0.1, 0.15) is 26.3 Å². The molecule has 0 N–H and O–H groups in total. The molecule has 23 heavy (non-hydrogen) atoms. The van der Waals surface area contributed by atoms with Crippen molar-refractivity contribution in [3.05, 3.63) is 54.1 Å². The zero-order valence-corrected chi connectivity index (χ0v) is 14.4. The molecular formula is C18H21NO3S. The van der Waals surface area contributed by atoms with Crippen molar-refractivity contribution in [3.8, 4) is 5.75 Å². The van der Waals surface area contributed by atoms with Gasteiger partial charge >= 0.3 is 0 Å². The molecule has 1 aliphatic heterocycles. The number of para-hydroxylation sites is 2. The first kappa shape index (κ1) is 15.9. The van der Waals surface area contributed by atoms with Gasteiger partial charge in [-0.25, -0.2) is 8.42 Å². The zero-order chi connectivity index (χ0) is 16.7. The summed E-state index contributed by atoms with van der Waals surface area (Å²) in [6.45, 7) is 6.99. The van der Waals surface area contributed by atoms with Crippen molar-refractivity contribution in [2.24, 2.45) is 0 Å². The number of anilines is 1. The van der Waals surface area contributed by atoms with E-state index in [-0.39, 0.29) is 5.41 Å². The van der Waals surface area contributed by atoms with Crippen LogP contribution in [-0.2, 0) is 15.4 Å². The molecule has 5 heteroatoms. The van der Waals surface area contributed by atoms with E-state index < -0.39 is 10.0 Å². The largest absolute Gasteiger partial charge is 0.489 e. The minimum atomic E-state index is -3.58. The van der Waals surface area contributed by atoms with Gasteiger partial charge in [-0.3, -0.25) is 4.31 Å². The van der Waals surface area contributed by atoms with Crippen LogP contribution in [0.2, 0.25) is 0 Å². The Balaban J connectivity index is 2.00. The molecular weight excluding hydrogens is 310 g/mol. The molecule has 0 atom stereocenters. The van der Waals surface area contributed by atoms with Crippen LogP contribution in [-0.4, -0.2) is 21.6 Å². The fourth-order valence-corrected chi connectivity index (χ4v) is 4.11. The summed E-state index contributed by atoms with van der Waals surface area (Å²) < 4.78 is 32.9. The molecule has 4 nitrogen and oxygen atoms in total. The van der Waals surface area contributed by atoms with Crippen LogP contribution in [0, 0.1) is 0 Å². The van der Waals surface area contributed by atoms with Crippen LogP contribution in [0.15, 0.2) is 53.4 Å². The molecule has 0 bridgehead atoms. The van der Waals surface area contributed by atoms with Crippen LogP contribution < -0.4 is 9.04 Å². The number of hydrogen-bond acceptors (Lipinski definition) is 3. The first-order chi connectivity index (χ1) is 10.8. The van der Waals surface area contributed by atoms with Gasteiger partial charge in [-0.2, -0.15) is 0 Å². The van der Waals surface area contributed by atoms with Crippen molar-refractivity contribution < 1.29 is 13.2 Å². The van der Waals surface area contributed by atoms with E-state index in [1.807, 2.05) is 24.3 Å². The normalized spacial score (nSPS) is 15.0. The van der Waals surface area contributed by atoms with E-state index in [9.17, 15) is 8.42 Å². The van der Waals surface area contributed by atoms with E-state index >= 15 is 0 Å². The molecule has 0 saturated carbocycles. The number of fused-ring (bicyclic) bond motifs is 1. The lowest BCUT2D eigenvalue weighted by Crippen LogP contribution is -2.37. The van der Waals surface area contributed by atoms with E-state index in [4.69, 9.17) is 4.74 Å². The maximum Gasteiger partial charge on any atom is 0.264 e. The molecule has 0 saturated heterocycles. The Kier molecular flexibility index (Phi) is 3.84. The fourth-order valence-electron chi connectivity index (χ4n) is 2.65. The van der Waals surface area contributed by atoms with E-state index in [2.05, 4.69) is 20.8 Å². The third kappa shape index (κ3) is 2.93. The van der Waals surface area contributed by atoms with E-state index in [0.717, 1.165) is 5.56 Å². The second-order valence-corrected chi connectivity index (χ2v) is 8.53. The lowest BCUT2D eigenvalue weighted by atomic mass is 9.87. The highest BCUT2D eigenvalue weighted by molar-refractivity contribution is 7.92. The molecule has 3 rings (SSSR count). The van der Waals surface area contributed by atoms with Crippen molar-refractivity contribution in [3.63, 3.8) is 0 Å². The average molecular weight is 331 g/mol. The van der Waals surface area contributed by atoms with Gasteiger partial charge < -0.3 is 4.74 Å². The first-order valence-corrected chi connectivity index (χ1v) is 9.09. The highest BCUT2D eigenvalue weighted by atomic mass is 32.2. The topological polar surface area (TPSA) is 46.6 Å². The van der Waals surface area contributed by atoms with E-state index in [1.165, 1.54) is 4.31 Å². The van der Waals surface area contributed by atoms with Crippen molar-refractivity contribution in [2.45, 2.75) is 31.1 Å². The standard InChI is InChI=1S/C18H21NO3S/c1-18(2,3)14-8-10-15(11-9-14)23(20,21)19-12-13-22-17-7-5-4-6-16(17)19/h4-11H,12-13H2,1-3H3. The second-order valence-electron chi connectivity index (χ2n) is 6.67. The highest BCUT2D eigenvalue weighted by Gasteiger charge is 2.30. The summed E-state index contributed by atoms with van der Waals surface area (Å²) in [5, 5.41) is 0. The predicted molar refractivity (Wildman–Crippen MR) is 91.6 cm³/mol. The van der Waals surface area contributed by atoms with Crippen LogP contribution in [0.25, 0.3) is 0 Å². The fraction of sp³-hybridized carbons (Fsp3) is 0.333. The quantitative estimate of drug-likeness (QED) is 0.845. The Morgan fingerprint density at radius 1 is 1.00 bits per heavy atom. The molecule has 0 radical (unpaired) electrons. The van der Waals surface area contributed by atoms with Crippen molar-refractivity contribution in [1.82, 2.24) is 0 Å². The lowest BCUT2D eigenvalue weighted by molar-refractivity contribution is 0.316. The molecule has 0 aliphatic carbocycles. The maximum absolute atomic E-state index is 13.0. The Bertz CT molecular complexity index is 805. The maximum atomic E-state index is 13.0. The molecule has 0 spiro atoms. The summed E-state index contributed by atoms with van der Waals surface area (Å²) in [5.41, 5.74) is 1.70. The summed E-state index contributed by atoms with van der Waals surface area (Å²) in [7, 11) is -3.58. The molecule has 0 fully saturated rings. The summed E-state index contributed by atoms with van der Waals surface area (Å²) in [6.07, 6.45) is 0. The van der Waals surface area contributed by atoms with Gasteiger partial charge in [-0.05, 0) is 35.2 Å². The molecule has 0 amide bonds. The van der Waals surface area contributed by atoms with Gasteiger partial charge in [0.15, 0.2) is 0 Å². The molecule has 0 aromatic heterocycles. The van der Waals surface area contributed by atoms with Crippen LogP contribution in [0.3, 0.4) is 0 Å². The van der Waals surface area contributed by atoms with Gasteiger partial charge in [0.2, 0.25) is 0 Å². The number of sulfonamides is 1. The van der Waals surface area contributed by atoms with Gasteiger partial charge in [-0.15, -0.1) is 0 Å². The van der Waals surface area contributed by atoms with Gasteiger partial charge in [0, 0.05) is 0 Å². The number of hydrogen-bond donors (Lipinski definition) is 0. The van der Waals surface area contributed by atoms with Crippen molar-refractivity contribution >= 4 is 15.7 Å². The molecule has 2 aromatic carbocycles. The number of nitrogens with zero attached hydrogens (tertiary/aromatic N) is 1. The Morgan fingerprint density at radius 3 is 2.30 bits per heavy atom. The van der Waals surface area contributed by atoms with Crippen molar-refractivity contribution in [2.75, 3.05) is 17.5 Å². The number of ether oxygens (including phenoxy) is 1. The molecule has 2 aromatic rings. The lowest BCUT2D eigenvalue weighted by Gasteiger charge is -2.30. The predicted octanol–water partition coefficient (Wildman–Crippen LogP) is 3.57. The van der Waals surface area contributed by atoms with E-state index in [0.29, 0.717) is 29.5 Å². The Labute approximate surface area is 137 Å². The number of rotatable bonds is 2. The highest BCUT2D eigenvalue weighted by Crippen LogP contribution is 2.35. The Hall–Kier alpha value is -2.01. The monoisotopic (exact) mass is 331 g/mol. The van der Waals surface area contributed by atoms with Crippen molar-refractivity contribution in [1.29, 1.82) is 0 Å². The molecule has 0 unspecified atom stereocenters. The van der Waals surface area contributed by atoms with Crippen LogP contribution >= 0.6 is 0 Å².